The minimum absolute atomic E-state index is 0.0135. The number of aromatic nitrogens is 2. The Morgan fingerprint density at radius 3 is 2.84 bits per heavy atom. The number of carbonyl (C=O) groups excluding carboxylic acids is 3. The molecular formula is C19H17N5O5S3. The average molecular weight is 492 g/mol. The van der Waals surface area contributed by atoms with Crippen LogP contribution in [0.25, 0.3) is 0 Å². The van der Waals surface area contributed by atoms with Crippen LogP contribution in [0.1, 0.15) is 15.4 Å². The van der Waals surface area contributed by atoms with E-state index in [1.165, 1.54) is 52.2 Å². The number of aliphatic carboxylic acids is 1. The molecule has 32 heavy (non-hydrogen) atoms. The molecule has 4 rings (SSSR count). The van der Waals surface area contributed by atoms with Crippen molar-refractivity contribution in [2.24, 2.45) is 5.73 Å². The number of fused-ring (bicyclic) bond motifs is 1. The predicted molar refractivity (Wildman–Crippen MR) is 119 cm³/mol. The second-order valence-corrected chi connectivity index (χ2v) is 10.00. The molecule has 2 aromatic heterocycles. The molecule has 13 heteroatoms. The smallest absolute Gasteiger partial charge is 0.352 e. The van der Waals surface area contributed by atoms with E-state index >= 15 is 0 Å². The van der Waals surface area contributed by atoms with Crippen LogP contribution in [0.15, 0.2) is 46.2 Å². The molecule has 1 saturated heterocycles. The summed E-state index contributed by atoms with van der Waals surface area (Å²) in [6.45, 7) is 0. The number of primary amides is 1. The molecular weight excluding hydrogens is 474 g/mol. The van der Waals surface area contributed by atoms with Gasteiger partial charge in [0.05, 0.1) is 18.8 Å². The first kappa shape index (κ1) is 22.3. The van der Waals surface area contributed by atoms with Crippen molar-refractivity contribution in [1.29, 1.82) is 0 Å². The fourth-order valence-corrected chi connectivity index (χ4v) is 6.33. The highest BCUT2D eigenvalue weighted by Crippen LogP contribution is 2.41. The first-order valence-corrected chi connectivity index (χ1v) is 12.2. The van der Waals surface area contributed by atoms with Gasteiger partial charge in [0, 0.05) is 16.4 Å². The van der Waals surface area contributed by atoms with Gasteiger partial charge in [0.1, 0.15) is 27.8 Å². The molecule has 2 aromatic rings. The Kier molecular flexibility index (Phi) is 6.48. The summed E-state index contributed by atoms with van der Waals surface area (Å²) >= 11 is 4.05. The number of carboxylic acids is 1. The van der Waals surface area contributed by atoms with E-state index < -0.39 is 29.2 Å². The SMILES string of the molecule is NC(=O)c1cncc(SCC2=C(C(=O)O)N3C(=O)C(NC(=O)Cc4cccs4)C3SC2)n1. The van der Waals surface area contributed by atoms with Gasteiger partial charge in [-0.05, 0) is 17.0 Å². The van der Waals surface area contributed by atoms with Crippen LogP contribution in [0.4, 0.5) is 0 Å². The summed E-state index contributed by atoms with van der Waals surface area (Å²) < 4.78 is 0. The van der Waals surface area contributed by atoms with Gasteiger partial charge in [-0.1, -0.05) is 6.07 Å². The molecule has 1 fully saturated rings. The molecule has 0 spiro atoms. The van der Waals surface area contributed by atoms with Gasteiger partial charge in [0.2, 0.25) is 5.91 Å². The highest BCUT2D eigenvalue weighted by molar-refractivity contribution is 8.01. The molecule has 4 heterocycles. The van der Waals surface area contributed by atoms with Crippen molar-refractivity contribution in [2.45, 2.75) is 22.9 Å². The Morgan fingerprint density at radius 2 is 2.16 bits per heavy atom. The van der Waals surface area contributed by atoms with Crippen LogP contribution in [0.2, 0.25) is 0 Å². The monoisotopic (exact) mass is 491 g/mol. The van der Waals surface area contributed by atoms with Crippen LogP contribution in [0.5, 0.6) is 0 Å². The summed E-state index contributed by atoms with van der Waals surface area (Å²) in [5, 5.41) is 14.3. The Bertz CT molecular complexity index is 1120. The number of nitrogens with two attached hydrogens (primary N) is 1. The van der Waals surface area contributed by atoms with Gasteiger partial charge in [-0.3, -0.25) is 24.3 Å². The molecule has 2 aliphatic heterocycles. The van der Waals surface area contributed by atoms with Crippen LogP contribution in [-0.4, -0.2) is 66.6 Å². The average Bonchev–Trinajstić information content (AvgIpc) is 3.28. The normalized spacial score (nSPS) is 19.9. The van der Waals surface area contributed by atoms with E-state index in [0.29, 0.717) is 16.4 Å². The van der Waals surface area contributed by atoms with Crippen molar-refractivity contribution >= 4 is 58.6 Å². The highest BCUT2D eigenvalue weighted by Gasteiger charge is 2.54. The largest absolute Gasteiger partial charge is 0.477 e. The third-order valence-electron chi connectivity index (χ3n) is 4.74. The lowest BCUT2D eigenvalue weighted by Crippen LogP contribution is -2.70. The van der Waals surface area contributed by atoms with Gasteiger partial charge in [0.15, 0.2) is 0 Å². The summed E-state index contributed by atoms with van der Waals surface area (Å²) in [5.74, 6) is -2.02. The molecule has 4 N–H and O–H groups in total. The first-order valence-electron chi connectivity index (χ1n) is 9.31. The number of hydrogen-bond acceptors (Lipinski definition) is 9. The van der Waals surface area contributed by atoms with Crippen LogP contribution in [-0.2, 0) is 20.8 Å². The van der Waals surface area contributed by atoms with E-state index in [1.54, 1.807) is 0 Å². The summed E-state index contributed by atoms with van der Waals surface area (Å²) in [7, 11) is 0. The van der Waals surface area contributed by atoms with E-state index in [2.05, 4.69) is 15.3 Å². The molecule has 166 valence electrons. The second kappa shape index (κ2) is 9.30. The Labute approximate surface area is 194 Å². The van der Waals surface area contributed by atoms with Crippen molar-refractivity contribution in [3.63, 3.8) is 0 Å². The lowest BCUT2D eigenvalue weighted by molar-refractivity contribution is -0.150. The first-order chi connectivity index (χ1) is 15.3. The van der Waals surface area contributed by atoms with Gasteiger partial charge in [-0.25, -0.2) is 9.78 Å². The maximum atomic E-state index is 12.7. The minimum atomic E-state index is -1.21. The molecule has 0 saturated carbocycles. The lowest BCUT2D eigenvalue weighted by Gasteiger charge is -2.49. The molecule has 3 amide bonds. The molecule has 10 nitrogen and oxygen atoms in total. The van der Waals surface area contributed by atoms with Crippen LogP contribution >= 0.6 is 34.9 Å². The molecule has 0 radical (unpaired) electrons. The summed E-state index contributed by atoms with van der Waals surface area (Å²) in [4.78, 5) is 58.3. The van der Waals surface area contributed by atoms with E-state index in [0.717, 1.165) is 4.88 Å². The molecule has 2 aliphatic rings. The number of β-lactam (4-membered cyclic amide) rings is 1. The molecule has 2 atom stereocenters. The van der Waals surface area contributed by atoms with Crippen molar-refractivity contribution in [3.05, 3.63) is 51.7 Å². The standard InChI is InChI=1S/C19H17N5O5S3/c20-16(26)11-5-21-6-13(22-11)31-7-9-8-32-18-14(17(27)24(18)15(9)19(28)29)23-12(25)4-10-2-1-3-30-10/h1-3,5-6,14,18H,4,7-8H2,(H2,20,26)(H,23,25)(H,28,29). The topological polar surface area (TPSA) is 156 Å². The quantitative estimate of drug-likeness (QED) is 0.357. The van der Waals surface area contributed by atoms with Gasteiger partial charge < -0.3 is 16.2 Å². The van der Waals surface area contributed by atoms with Gasteiger partial charge in [-0.2, -0.15) is 0 Å². The van der Waals surface area contributed by atoms with Gasteiger partial charge in [0.25, 0.3) is 11.8 Å². The summed E-state index contributed by atoms with van der Waals surface area (Å²) in [6.07, 6.45) is 2.87. The minimum Gasteiger partial charge on any atom is -0.477 e. The van der Waals surface area contributed by atoms with E-state index in [9.17, 15) is 24.3 Å². The Hall–Kier alpha value is -2.90. The number of rotatable bonds is 8. The highest BCUT2D eigenvalue weighted by atomic mass is 32.2. The number of nitrogens with zero attached hydrogens (tertiary/aromatic N) is 3. The molecule has 0 aromatic carbocycles. The number of nitrogens with one attached hydrogen (secondary N) is 1. The maximum Gasteiger partial charge on any atom is 0.352 e. The van der Waals surface area contributed by atoms with Crippen molar-refractivity contribution in [1.82, 2.24) is 20.2 Å². The Balaban J connectivity index is 1.44. The summed E-state index contributed by atoms with van der Waals surface area (Å²) in [6, 6.07) is 2.93. The maximum absolute atomic E-state index is 12.7. The zero-order valence-electron chi connectivity index (χ0n) is 16.4. The number of hydrogen-bond donors (Lipinski definition) is 3. The number of thiophene rings is 1. The van der Waals surface area contributed by atoms with E-state index in [1.807, 2.05) is 17.5 Å². The van der Waals surface area contributed by atoms with Crippen molar-refractivity contribution in [2.75, 3.05) is 11.5 Å². The number of thioether (sulfide) groups is 2. The fraction of sp³-hybridized carbons (Fsp3) is 0.263. The predicted octanol–water partition coefficient (Wildman–Crippen LogP) is 0.710. The van der Waals surface area contributed by atoms with Crippen LogP contribution in [0, 0.1) is 0 Å². The number of amides is 3. The van der Waals surface area contributed by atoms with Gasteiger partial charge >= 0.3 is 5.97 Å². The van der Waals surface area contributed by atoms with Crippen LogP contribution in [0.3, 0.4) is 0 Å². The third-order valence-corrected chi connectivity index (χ3v) is 7.94. The molecule has 2 unspecified atom stereocenters. The lowest BCUT2D eigenvalue weighted by atomic mass is 10.0. The fourth-order valence-electron chi connectivity index (χ4n) is 3.29. The van der Waals surface area contributed by atoms with Crippen LogP contribution < -0.4 is 11.1 Å². The van der Waals surface area contributed by atoms with Crippen molar-refractivity contribution < 1.29 is 24.3 Å². The van der Waals surface area contributed by atoms with Crippen molar-refractivity contribution in [3.8, 4) is 0 Å². The third kappa shape index (κ3) is 4.49. The molecule has 0 bridgehead atoms. The zero-order valence-corrected chi connectivity index (χ0v) is 18.8. The zero-order chi connectivity index (χ0) is 22.8. The van der Waals surface area contributed by atoms with E-state index in [4.69, 9.17) is 5.73 Å². The molecule has 0 aliphatic carbocycles. The summed E-state index contributed by atoms with van der Waals surface area (Å²) in [5.41, 5.74) is 5.70. The second-order valence-electron chi connectivity index (χ2n) is 6.86. The Morgan fingerprint density at radius 1 is 1.34 bits per heavy atom. The van der Waals surface area contributed by atoms with Gasteiger partial charge in [-0.15, -0.1) is 34.9 Å². The number of carbonyl (C=O) groups is 4. The number of carboxylic acid groups (broad SMARTS) is 1. The van der Waals surface area contributed by atoms with E-state index in [-0.39, 0.29) is 29.5 Å².